The average molecular weight is 176 g/mol. The molecule has 1 atom stereocenters. The Morgan fingerprint density at radius 1 is 1.54 bits per heavy atom. The van der Waals surface area contributed by atoms with Gasteiger partial charge in [-0.05, 0) is 32.3 Å². The molecule has 0 aromatic carbocycles. The molecule has 1 aromatic rings. The van der Waals surface area contributed by atoms with Crippen molar-refractivity contribution in [3.05, 3.63) is 18.6 Å². The highest BCUT2D eigenvalue weighted by molar-refractivity contribution is 5.37. The van der Waals surface area contributed by atoms with Gasteiger partial charge in [0.15, 0.2) is 6.33 Å². The van der Waals surface area contributed by atoms with Crippen molar-refractivity contribution in [2.45, 2.75) is 32.2 Å². The van der Waals surface area contributed by atoms with E-state index in [1.165, 1.54) is 19.3 Å². The molecule has 1 unspecified atom stereocenters. The average Bonchev–Trinajstić information content (AvgIpc) is 2.20. The quantitative estimate of drug-likeness (QED) is 0.651. The molecule has 0 spiro atoms. The minimum Gasteiger partial charge on any atom is -0.354 e. The van der Waals surface area contributed by atoms with Gasteiger partial charge in [0, 0.05) is 18.8 Å². The zero-order valence-corrected chi connectivity index (χ0v) is 7.90. The summed E-state index contributed by atoms with van der Waals surface area (Å²) in [5, 5.41) is 0. The molecule has 0 amide bonds. The maximum absolute atomic E-state index is 4.14. The molecule has 1 fully saturated rings. The third-order valence-corrected chi connectivity index (χ3v) is 2.62. The molecule has 3 nitrogen and oxygen atoms in total. The van der Waals surface area contributed by atoms with Crippen LogP contribution < -0.4 is 4.90 Å². The van der Waals surface area contributed by atoms with Crippen molar-refractivity contribution in [1.29, 1.82) is 0 Å². The van der Waals surface area contributed by atoms with Crippen molar-refractivity contribution in [2.24, 2.45) is 0 Å². The summed E-state index contributed by atoms with van der Waals surface area (Å²) in [6, 6.07) is 2.57. The van der Waals surface area contributed by atoms with Crippen LogP contribution in [-0.2, 0) is 0 Å². The normalized spacial score (nSPS) is 23.2. The van der Waals surface area contributed by atoms with Gasteiger partial charge in [-0.2, -0.15) is 0 Å². The van der Waals surface area contributed by atoms with E-state index in [-0.39, 0.29) is 0 Å². The van der Waals surface area contributed by atoms with Crippen LogP contribution in [0.2, 0.25) is 0 Å². The first kappa shape index (κ1) is 8.48. The Bertz CT molecular complexity index is 260. The van der Waals surface area contributed by atoms with E-state index in [0.717, 1.165) is 12.4 Å². The van der Waals surface area contributed by atoms with Gasteiger partial charge >= 0.3 is 0 Å². The van der Waals surface area contributed by atoms with E-state index in [9.17, 15) is 0 Å². The first-order chi connectivity index (χ1) is 6.38. The highest BCUT2D eigenvalue weighted by Gasteiger charge is 2.18. The number of aromatic nitrogens is 2. The van der Waals surface area contributed by atoms with Gasteiger partial charge in [-0.3, -0.25) is 0 Å². The standard InChI is InChI=1S/C10H14N3/c1-9-4-2-3-7-13(9)10-5-6-11-8-12-10/h5-6,9H,2-4,7H2,1H3. The van der Waals surface area contributed by atoms with E-state index in [2.05, 4.69) is 28.1 Å². The van der Waals surface area contributed by atoms with Crippen LogP contribution >= 0.6 is 0 Å². The van der Waals surface area contributed by atoms with E-state index in [1.807, 2.05) is 6.07 Å². The van der Waals surface area contributed by atoms with E-state index in [0.29, 0.717) is 6.04 Å². The lowest BCUT2D eigenvalue weighted by molar-refractivity contribution is 0.481. The SMILES string of the molecule is CC1CCCCN1c1ccn[c]n1. The van der Waals surface area contributed by atoms with Gasteiger partial charge in [0.1, 0.15) is 5.82 Å². The summed E-state index contributed by atoms with van der Waals surface area (Å²) < 4.78 is 0. The van der Waals surface area contributed by atoms with Gasteiger partial charge in [0.25, 0.3) is 0 Å². The Hall–Kier alpha value is -1.12. The molecule has 2 heterocycles. The first-order valence-corrected chi connectivity index (χ1v) is 4.83. The molecule has 1 saturated heterocycles. The van der Waals surface area contributed by atoms with Gasteiger partial charge < -0.3 is 4.90 Å². The van der Waals surface area contributed by atoms with Crippen LogP contribution in [0.1, 0.15) is 26.2 Å². The van der Waals surface area contributed by atoms with Crippen LogP contribution in [0.4, 0.5) is 5.82 Å². The molecule has 0 saturated carbocycles. The number of anilines is 1. The highest BCUT2D eigenvalue weighted by Crippen LogP contribution is 2.21. The minimum atomic E-state index is 0.608. The first-order valence-electron chi connectivity index (χ1n) is 4.83. The fraction of sp³-hybridized carbons (Fsp3) is 0.600. The summed E-state index contributed by atoms with van der Waals surface area (Å²) in [6.45, 7) is 3.37. The van der Waals surface area contributed by atoms with Gasteiger partial charge in [-0.25, -0.2) is 9.97 Å². The number of hydrogen-bond acceptors (Lipinski definition) is 3. The predicted octanol–water partition coefficient (Wildman–Crippen LogP) is 1.66. The second-order valence-corrected chi connectivity index (χ2v) is 3.55. The monoisotopic (exact) mass is 176 g/mol. The molecular weight excluding hydrogens is 162 g/mol. The molecule has 0 bridgehead atoms. The smallest absolute Gasteiger partial charge is 0.199 e. The Balaban J connectivity index is 2.15. The maximum atomic E-state index is 4.14. The Morgan fingerprint density at radius 3 is 3.15 bits per heavy atom. The van der Waals surface area contributed by atoms with Crippen molar-refractivity contribution in [3.8, 4) is 0 Å². The zero-order chi connectivity index (χ0) is 9.10. The predicted molar refractivity (Wildman–Crippen MR) is 51.5 cm³/mol. The molecule has 3 heteroatoms. The Morgan fingerprint density at radius 2 is 2.46 bits per heavy atom. The van der Waals surface area contributed by atoms with Gasteiger partial charge in [-0.15, -0.1) is 0 Å². The van der Waals surface area contributed by atoms with Crippen LogP contribution in [0.25, 0.3) is 0 Å². The van der Waals surface area contributed by atoms with Crippen molar-refractivity contribution in [2.75, 3.05) is 11.4 Å². The summed E-state index contributed by atoms with van der Waals surface area (Å²) in [5.74, 6) is 1.02. The minimum absolute atomic E-state index is 0.608. The molecule has 2 rings (SSSR count). The van der Waals surface area contributed by atoms with Gasteiger partial charge in [0.2, 0.25) is 0 Å². The molecular formula is C10H14N3. The topological polar surface area (TPSA) is 29.0 Å². The molecule has 69 valence electrons. The lowest BCUT2D eigenvalue weighted by Gasteiger charge is -2.34. The lowest BCUT2D eigenvalue weighted by atomic mass is 10.0. The number of hydrogen-bond donors (Lipinski definition) is 0. The van der Waals surface area contributed by atoms with Crippen molar-refractivity contribution < 1.29 is 0 Å². The summed E-state index contributed by atoms with van der Waals surface area (Å²) in [4.78, 5) is 10.3. The van der Waals surface area contributed by atoms with E-state index >= 15 is 0 Å². The van der Waals surface area contributed by atoms with Crippen molar-refractivity contribution in [3.63, 3.8) is 0 Å². The van der Waals surface area contributed by atoms with Crippen LogP contribution in [0.15, 0.2) is 12.3 Å². The number of nitrogens with zero attached hydrogens (tertiary/aromatic N) is 3. The second-order valence-electron chi connectivity index (χ2n) is 3.55. The number of rotatable bonds is 1. The summed E-state index contributed by atoms with van der Waals surface area (Å²) in [5.41, 5.74) is 0. The highest BCUT2D eigenvalue weighted by atomic mass is 15.2. The van der Waals surface area contributed by atoms with Crippen LogP contribution in [0.5, 0.6) is 0 Å². The fourth-order valence-electron chi connectivity index (χ4n) is 1.85. The second kappa shape index (κ2) is 3.73. The summed E-state index contributed by atoms with van der Waals surface area (Å²) >= 11 is 0. The van der Waals surface area contributed by atoms with E-state index < -0.39 is 0 Å². The van der Waals surface area contributed by atoms with Crippen molar-refractivity contribution >= 4 is 5.82 Å². The molecule has 1 aromatic heterocycles. The third kappa shape index (κ3) is 1.79. The van der Waals surface area contributed by atoms with Gasteiger partial charge in [-0.1, -0.05) is 0 Å². The molecule has 0 aliphatic carbocycles. The summed E-state index contributed by atoms with van der Waals surface area (Å²) in [6.07, 6.45) is 8.27. The Kier molecular flexibility index (Phi) is 2.43. The maximum Gasteiger partial charge on any atom is 0.199 e. The third-order valence-electron chi connectivity index (χ3n) is 2.62. The lowest BCUT2D eigenvalue weighted by Crippen LogP contribution is -2.37. The van der Waals surface area contributed by atoms with Crippen molar-refractivity contribution in [1.82, 2.24) is 9.97 Å². The fourth-order valence-corrected chi connectivity index (χ4v) is 1.85. The molecule has 1 aliphatic rings. The van der Waals surface area contributed by atoms with Crippen LogP contribution in [0.3, 0.4) is 0 Å². The molecule has 0 N–H and O–H groups in total. The molecule has 1 aliphatic heterocycles. The molecule has 13 heavy (non-hydrogen) atoms. The number of piperidine rings is 1. The van der Waals surface area contributed by atoms with E-state index in [4.69, 9.17) is 0 Å². The Labute approximate surface area is 78.8 Å². The molecule has 1 radical (unpaired) electrons. The van der Waals surface area contributed by atoms with Gasteiger partial charge in [0.05, 0.1) is 0 Å². The van der Waals surface area contributed by atoms with Crippen LogP contribution in [0, 0.1) is 6.33 Å². The largest absolute Gasteiger partial charge is 0.354 e. The van der Waals surface area contributed by atoms with E-state index in [1.54, 1.807) is 6.20 Å². The summed E-state index contributed by atoms with van der Waals surface area (Å²) in [7, 11) is 0. The van der Waals surface area contributed by atoms with Crippen LogP contribution in [-0.4, -0.2) is 22.6 Å². The zero-order valence-electron chi connectivity index (χ0n) is 7.90.